The van der Waals surface area contributed by atoms with Crippen molar-refractivity contribution in [1.82, 2.24) is 9.78 Å². The average molecular weight is 330 g/mol. The normalized spacial score (nSPS) is 11.5. The molecule has 2 heterocycles. The van der Waals surface area contributed by atoms with Crippen molar-refractivity contribution in [2.75, 3.05) is 4.72 Å². The Morgan fingerprint density at radius 2 is 2.25 bits per heavy atom. The molecule has 108 valence electrons. The highest BCUT2D eigenvalue weighted by atomic mass is 32.2. The molecule has 0 spiro atoms. The van der Waals surface area contributed by atoms with Crippen molar-refractivity contribution in [3.8, 4) is 0 Å². The van der Waals surface area contributed by atoms with Crippen LogP contribution in [-0.4, -0.2) is 23.2 Å². The Morgan fingerprint density at radius 1 is 1.55 bits per heavy atom. The first kappa shape index (κ1) is 14.9. The summed E-state index contributed by atoms with van der Waals surface area (Å²) >= 11 is 6.12. The zero-order chi connectivity index (χ0) is 14.9. The number of nitrogens with two attached hydrogens (primary N) is 1. The molecule has 0 saturated heterocycles. The molecule has 0 unspecified atom stereocenters. The van der Waals surface area contributed by atoms with Crippen LogP contribution in [0, 0.1) is 0 Å². The second-order valence-corrected chi connectivity index (χ2v) is 7.59. The van der Waals surface area contributed by atoms with Crippen LogP contribution in [0.4, 0.5) is 5.82 Å². The molecule has 0 saturated carbocycles. The number of rotatable bonds is 5. The van der Waals surface area contributed by atoms with Crippen LogP contribution in [0.1, 0.15) is 17.4 Å². The zero-order valence-electron chi connectivity index (χ0n) is 11.0. The van der Waals surface area contributed by atoms with Gasteiger partial charge in [0.25, 0.3) is 10.0 Å². The topological polar surface area (TPSA) is 90.0 Å². The maximum Gasteiger partial charge on any atom is 0.272 e. The number of nitrogens with zero attached hydrogens (tertiary/aromatic N) is 2. The van der Waals surface area contributed by atoms with Crippen molar-refractivity contribution in [3.63, 3.8) is 0 Å². The van der Waals surface area contributed by atoms with Crippen LogP contribution in [0.2, 0.25) is 0 Å². The lowest BCUT2D eigenvalue weighted by molar-refractivity contribution is 0.602. The summed E-state index contributed by atoms with van der Waals surface area (Å²) < 4.78 is 28.8. The van der Waals surface area contributed by atoms with Crippen LogP contribution in [-0.2, 0) is 23.5 Å². The molecule has 0 atom stereocenters. The summed E-state index contributed by atoms with van der Waals surface area (Å²) in [6.45, 7) is 1.97. The molecule has 9 heteroatoms. The van der Waals surface area contributed by atoms with E-state index >= 15 is 0 Å². The molecule has 2 rings (SSSR count). The minimum absolute atomic E-state index is 0.0937. The third kappa shape index (κ3) is 2.84. The van der Waals surface area contributed by atoms with Crippen LogP contribution in [0.25, 0.3) is 0 Å². The van der Waals surface area contributed by atoms with E-state index in [1.807, 2.05) is 6.92 Å². The highest BCUT2D eigenvalue weighted by Gasteiger charge is 2.21. The highest BCUT2D eigenvalue weighted by molar-refractivity contribution is 7.94. The van der Waals surface area contributed by atoms with Gasteiger partial charge in [-0.05, 0) is 18.6 Å². The molecule has 0 radical (unpaired) electrons. The first-order valence-electron chi connectivity index (χ1n) is 5.78. The molecule has 0 bridgehead atoms. The summed E-state index contributed by atoms with van der Waals surface area (Å²) in [5.41, 5.74) is 5.96. The molecule has 6 nitrogen and oxygen atoms in total. The van der Waals surface area contributed by atoms with E-state index in [4.69, 9.17) is 18.0 Å². The van der Waals surface area contributed by atoms with Crippen molar-refractivity contribution in [2.24, 2.45) is 12.8 Å². The number of nitrogens with one attached hydrogen (secondary N) is 1. The Kier molecular flexibility index (Phi) is 4.11. The van der Waals surface area contributed by atoms with E-state index in [1.54, 1.807) is 19.2 Å². The maximum absolute atomic E-state index is 12.3. The van der Waals surface area contributed by atoms with Gasteiger partial charge in [-0.3, -0.25) is 9.40 Å². The van der Waals surface area contributed by atoms with E-state index in [0.717, 1.165) is 11.3 Å². The van der Waals surface area contributed by atoms with E-state index < -0.39 is 10.0 Å². The summed E-state index contributed by atoms with van der Waals surface area (Å²) in [5, 5.41) is 3.96. The zero-order valence-corrected chi connectivity index (χ0v) is 13.4. The number of thiocarbonyl (C=S) groups is 1. The Labute approximate surface area is 126 Å². The van der Waals surface area contributed by atoms with Crippen molar-refractivity contribution in [2.45, 2.75) is 17.6 Å². The lowest BCUT2D eigenvalue weighted by Crippen LogP contribution is -2.18. The number of thiophene rings is 1. The van der Waals surface area contributed by atoms with E-state index in [-0.39, 0.29) is 15.0 Å². The summed E-state index contributed by atoms with van der Waals surface area (Å²) in [4.78, 5) is 1.10. The van der Waals surface area contributed by atoms with Crippen LogP contribution >= 0.6 is 23.6 Å². The molecular weight excluding hydrogens is 316 g/mol. The summed E-state index contributed by atoms with van der Waals surface area (Å²) in [5.74, 6) is 0.268. The van der Waals surface area contributed by atoms with Gasteiger partial charge in [-0.1, -0.05) is 19.1 Å². The smallest absolute Gasteiger partial charge is 0.272 e. The fourth-order valence-corrected chi connectivity index (χ4v) is 4.16. The predicted molar refractivity (Wildman–Crippen MR) is 83.6 cm³/mol. The second kappa shape index (κ2) is 5.51. The van der Waals surface area contributed by atoms with Gasteiger partial charge in [0.15, 0.2) is 0 Å². The van der Waals surface area contributed by atoms with Gasteiger partial charge in [0.1, 0.15) is 15.0 Å². The number of hydrogen-bond acceptors (Lipinski definition) is 5. The number of aromatic nitrogens is 2. The second-order valence-electron chi connectivity index (χ2n) is 4.07. The minimum atomic E-state index is -3.66. The van der Waals surface area contributed by atoms with Crippen molar-refractivity contribution in [1.29, 1.82) is 0 Å². The number of hydrogen-bond donors (Lipinski definition) is 2. The average Bonchev–Trinajstić information content (AvgIpc) is 2.97. The predicted octanol–water partition coefficient (Wildman–Crippen LogP) is 1.48. The van der Waals surface area contributed by atoms with Crippen LogP contribution in [0.5, 0.6) is 0 Å². The number of sulfonamides is 1. The van der Waals surface area contributed by atoms with Gasteiger partial charge in [0, 0.05) is 11.9 Å². The van der Waals surface area contributed by atoms with Crippen molar-refractivity contribution >= 4 is 44.4 Å². The highest BCUT2D eigenvalue weighted by Crippen LogP contribution is 2.25. The molecule has 0 aliphatic carbocycles. The molecule has 0 aromatic carbocycles. The lowest BCUT2D eigenvalue weighted by atomic mass is 10.3. The molecule has 2 aromatic rings. The molecule has 0 amide bonds. The fraction of sp³-hybridized carbons (Fsp3) is 0.273. The van der Waals surface area contributed by atoms with E-state index in [0.29, 0.717) is 5.56 Å². The van der Waals surface area contributed by atoms with Crippen molar-refractivity contribution in [3.05, 3.63) is 28.8 Å². The molecule has 20 heavy (non-hydrogen) atoms. The van der Waals surface area contributed by atoms with Gasteiger partial charge in [-0.25, -0.2) is 8.42 Å². The van der Waals surface area contributed by atoms with Gasteiger partial charge >= 0.3 is 0 Å². The molecule has 2 aromatic heterocycles. The Hall–Kier alpha value is -1.45. The number of aryl methyl sites for hydroxylation is 2. The third-order valence-electron chi connectivity index (χ3n) is 2.69. The van der Waals surface area contributed by atoms with Gasteiger partial charge < -0.3 is 5.73 Å². The first-order chi connectivity index (χ1) is 9.35. The minimum Gasteiger partial charge on any atom is -0.389 e. The Bertz CT molecular complexity index is 746. The van der Waals surface area contributed by atoms with E-state index in [1.165, 1.54) is 22.2 Å². The Morgan fingerprint density at radius 3 is 2.80 bits per heavy atom. The summed E-state index contributed by atoms with van der Waals surface area (Å²) in [7, 11) is -2.04. The largest absolute Gasteiger partial charge is 0.389 e. The SMILES string of the molecule is CCc1ccc(S(=O)(=O)Nc2c(C(N)=S)cnn2C)s1. The fourth-order valence-electron chi connectivity index (χ4n) is 1.61. The standard InChI is InChI=1S/C11H14N4O2S3/c1-3-7-4-5-9(19-7)20(16,17)14-11-8(10(12)18)6-13-15(11)2/h4-6,14H,3H2,1-2H3,(H2,12,18). The monoisotopic (exact) mass is 330 g/mol. The van der Waals surface area contributed by atoms with Gasteiger partial charge in [-0.2, -0.15) is 5.10 Å². The lowest BCUT2D eigenvalue weighted by Gasteiger charge is -2.08. The van der Waals surface area contributed by atoms with Crippen molar-refractivity contribution < 1.29 is 8.42 Å². The first-order valence-corrected chi connectivity index (χ1v) is 8.49. The van der Waals surface area contributed by atoms with E-state index in [9.17, 15) is 8.42 Å². The van der Waals surface area contributed by atoms with Gasteiger partial charge in [-0.15, -0.1) is 11.3 Å². The maximum atomic E-state index is 12.3. The van der Waals surface area contributed by atoms with Crippen LogP contribution < -0.4 is 10.5 Å². The third-order valence-corrected chi connectivity index (χ3v) is 5.97. The van der Waals surface area contributed by atoms with Gasteiger partial charge in [0.2, 0.25) is 0 Å². The molecular formula is C11H14N4O2S3. The van der Waals surface area contributed by atoms with Crippen LogP contribution in [0.15, 0.2) is 22.5 Å². The summed E-state index contributed by atoms with van der Waals surface area (Å²) in [6, 6.07) is 3.39. The molecule has 0 aliphatic heterocycles. The molecule has 0 fully saturated rings. The van der Waals surface area contributed by atoms with Gasteiger partial charge in [0.05, 0.1) is 11.8 Å². The summed E-state index contributed by atoms with van der Waals surface area (Å²) in [6.07, 6.45) is 2.23. The number of anilines is 1. The Balaban J connectivity index is 2.38. The van der Waals surface area contributed by atoms with Crippen LogP contribution in [0.3, 0.4) is 0 Å². The van der Waals surface area contributed by atoms with E-state index in [2.05, 4.69) is 9.82 Å². The molecule has 0 aliphatic rings. The quantitative estimate of drug-likeness (QED) is 0.811. The molecule has 3 N–H and O–H groups in total.